The van der Waals surface area contributed by atoms with E-state index in [0.29, 0.717) is 0 Å². The summed E-state index contributed by atoms with van der Waals surface area (Å²) in [5.74, 6) is 0. The first kappa shape index (κ1) is 7.76. The van der Waals surface area contributed by atoms with Gasteiger partial charge in [0.1, 0.15) is 0 Å². The Hall–Kier alpha value is -0.870. The van der Waals surface area contributed by atoms with Gasteiger partial charge < -0.3 is 0 Å². The van der Waals surface area contributed by atoms with Crippen molar-refractivity contribution in [1.29, 1.82) is 0 Å². The van der Waals surface area contributed by atoms with Gasteiger partial charge in [0.25, 0.3) is 0 Å². The molecule has 1 atom stereocenters. The number of hydrogen-bond acceptors (Lipinski definition) is 0. The van der Waals surface area contributed by atoms with E-state index in [0.717, 1.165) is 0 Å². The minimum atomic E-state index is 1.27. The molecule has 0 saturated heterocycles. The molecule has 0 aliphatic rings. The molecular formula is C11H11P. The fourth-order valence-corrected chi connectivity index (χ4v) is 1.77. The van der Waals surface area contributed by atoms with Crippen LogP contribution in [0.1, 0.15) is 5.56 Å². The fourth-order valence-electron chi connectivity index (χ4n) is 1.41. The fraction of sp³-hybridized carbons (Fsp3) is 0.0909. The van der Waals surface area contributed by atoms with Gasteiger partial charge in [0, 0.05) is 0 Å². The quantitative estimate of drug-likeness (QED) is 0.538. The van der Waals surface area contributed by atoms with Crippen LogP contribution in [0.4, 0.5) is 0 Å². The lowest BCUT2D eigenvalue weighted by atomic mass is 10.1. The van der Waals surface area contributed by atoms with Gasteiger partial charge in [-0.05, 0) is 23.0 Å². The lowest BCUT2D eigenvalue weighted by molar-refractivity contribution is 1.51. The molecule has 0 heterocycles. The summed E-state index contributed by atoms with van der Waals surface area (Å²) in [5, 5.41) is 3.92. The Morgan fingerprint density at radius 1 is 1.08 bits per heavy atom. The highest BCUT2D eigenvalue weighted by molar-refractivity contribution is 7.28. The topological polar surface area (TPSA) is 0 Å². The summed E-state index contributed by atoms with van der Waals surface area (Å²) < 4.78 is 0. The zero-order valence-electron chi connectivity index (χ0n) is 7.04. The summed E-state index contributed by atoms with van der Waals surface area (Å²) in [5.41, 5.74) is 1.32. The van der Waals surface area contributed by atoms with Gasteiger partial charge in [0.05, 0.1) is 0 Å². The molecule has 0 radical (unpaired) electrons. The van der Waals surface area contributed by atoms with Crippen LogP contribution >= 0.6 is 9.24 Å². The molecule has 0 bridgehead atoms. The average Bonchev–Trinajstić information content (AvgIpc) is 2.07. The molecule has 0 aliphatic heterocycles. The molecule has 12 heavy (non-hydrogen) atoms. The minimum absolute atomic E-state index is 1.27. The third-order valence-electron chi connectivity index (χ3n) is 2.07. The number of aryl methyl sites for hydroxylation is 1. The lowest BCUT2D eigenvalue weighted by Gasteiger charge is -2.01. The maximum atomic E-state index is 2.77. The van der Waals surface area contributed by atoms with Gasteiger partial charge in [-0.25, -0.2) is 0 Å². The highest BCUT2D eigenvalue weighted by atomic mass is 31.0. The molecule has 1 heteroatoms. The summed E-state index contributed by atoms with van der Waals surface area (Å²) in [6.45, 7) is 2.12. The molecule has 0 aromatic heterocycles. The van der Waals surface area contributed by atoms with Gasteiger partial charge in [0.15, 0.2) is 0 Å². The molecule has 0 aliphatic carbocycles. The summed E-state index contributed by atoms with van der Waals surface area (Å²) in [6.07, 6.45) is 0. The molecule has 0 amide bonds. The van der Waals surface area contributed by atoms with E-state index in [2.05, 4.69) is 52.6 Å². The molecule has 2 aromatic carbocycles. The first-order chi connectivity index (χ1) is 5.77. The number of benzene rings is 2. The number of rotatable bonds is 0. The van der Waals surface area contributed by atoms with Crippen LogP contribution in [0, 0.1) is 6.92 Å². The molecule has 60 valence electrons. The normalized spacial score (nSPS) is 10.5. The van der Waals surface area contributed by atoms with E-state index in [-0.39, 0.29) is 0 Å². The van der Waals surface area contributed by atoms with Crippen molar-refractivity contribution in [1.82, 2.24) is 0 Å². The summed E-state index contributed by atoms with van der Waals surface area (Å²) in [6, 6.07) is 12.9. The predicted molar refractivity (Wildman–Crippen MR) is 58.0 cm³/mol. The van der Waals surface area contributed by atoms with Crippen molar-refractivity contribution in [2.45, 2.75) is 6.92 Å². The van der Waals surface area contributed by atoms with Crippen molar-refractivity contribution in [3.8, 4) is 0 Å². The van der Waals surface area contributed by atoms with Crippen molar-refractivity contribution in [2.24, 2.45) is 0 Å². The Balaban J connectivity index is 2.88. The van der Waals surface area contributed by atoms with Crippen LogP contribution in [0.3, 0.4) is 0 Å². The lowest BCUT2D eigenvalue weighted by Crippen LogP contribution is -1.91. The van der Waals surface area contributed by atoms with Gasteiger partial charge >= 0.3 is 0 Å². The third-order valence-corrected chi connectivity index (χ3v) is 2.57. The Kier molecular flexibility index (Phi) is 1.86. The van der Waals surface area contributed by atoms with E-state index in [9.17, 15) is 0 Å². The second-order valence-corrected chi connectivity index (χ2v) is 3.69. The van der Waals surface area contributed by atoms with E-state index in [4.69, 9.17) is 0 Å². The van der Waals surface area contributed by atoms with Crippen LogP contribution in [0.25, 0.3) is 10.8 Å². The van der Waals surface area contributed by atoms with E-state index in [1.54, 1.807) is 0 Å². The maximum Gasteiger partial charge on any atom is -0.0110 e. The molecule has 2 aromatic rings. The average molecular weight is 174 g/mol. The van der Waals surface area contributed by atoms with Crippen molar-refractivity contribution in [2.75, 3.05) is 0 Å². The van der Waals surface area contributed by atoms with Crippen LogP contribution in [-0.2, 0) is 0 Å². The molecule has 1 unspecified atom stereocenters. The van der Waals surface area contributed by atoms with Gasteiger partial charge in [0.2, 0.25) is 0 Å². The van der Waals surface area contributed by atoms with E-state index >= 15 is 0 Å². The summed E-state index contributed by atoms with van der Waals surface area (Å²) in [4.78, 5) is 0. The minimum Gasteiger partial charge on any atom is -0.105 e. The maximum absolute atomic E-state index is 2.77. The molecule has 0 N–H and O–H groups in total. The summed E-state index contributed by atoms with van der Waals surface area (Å²) >= 11 is 0. The van der Waals surface area contributed by atoms with Gasteiger partial charge in [-0.3, -0.25) is 0 Å². The SMILES string of the molecule is Cc1ccc2cccc(P)c2c1. The third kappa shape index (κ3) is 1.23. The first-order valence-corrected chi connectivity index (χ1v) is 4.60. The number of fused-ring (bicyclic) bond motifs is 1. The zero-order chi connectivity index (χ0) is 8.55. The van der Waals surface area contributed by atoms with Gasteiger partial charge in [-0.2, -0.15) is 0 Å². The van der Waals surface area contributed by atoms with Crippen molar-refractivity contribution in [3.63, 3.8) is 0 Å². The van der Waals surface area contributed by atoms with Crippen LogP contribution in [-0.4, -0.2) is 0 Å². The molecule has 0 nitrogen and oxygen atoms in total. The van der Waals surface area contributed by atoms with Crippen LogP contribution in [0.2, 0.25) is 0 Å². The van der Waals surface area contributed by atoms with Crippen LogP contribution in [0.5, 0.6) is 0 Å². The van der Waals surface area contributed by atoms with E-state index in [1.807, 2.05) is 0 Å². The molecule has 0 saturated carbocycles. The van der Waals surface area contributed by atoms with Crippen LogP contribution in [0.15, 0.2) is 36.4 Å². The van der Waals surface area contributed by atoms with Crippen LogP contribution < -0.4 is 5.30 Å². The van der Waals surface area contributed by atoms with Crippen molar-refractivity contribution in [3.05, 3.63) is 42.0 Å². The Bertz CT molecular complexity index is 418. The Morgan fingerprint density at radius 3 is 2.75 bits per heavy atom. The van der Waals surface area contributed by atoms with Crippen molar-refractivity contribution >= 4 is 25.3 Å². The zero-order valence-corrected chi connectivity index (χ0v) is 8.20. The van der Waals surface area contributed by atoms with E-state index < -0.39 is 0 Å². The highest BCUT2D eigenvalue weighted by Crippen LogP contribution is 2.14. The van der Waals surface area contributed by atoms with Gasteiger partial charge in [-0.15, -0.1) is 9.24 Å². The molecule has 0 fully saturated rings. The molecular weight excluding hydrogens is 163 g/mol. The van der Waals surface area contributed by atoms with Gasteiger partial charge in [-0.1, -0.05) is 42.0 Å². The molecule has 2 rings (SSSR count). The highest BCUT2D eigenvalue weighted by Gasteiger charge is 1.95. The Labute approximate surface area is 74.8 Å². The Morgan fingerprint density at radius 2 is 1.92 bits per heavy atom. The van der Waals surface area contributed by atoms with E-state index in [1.165, 1.54) is 21.6 Å². The largest absolute Gasteiger partial charge is 0.105 e. The van der Waals surface area contributed by atoms with Crippen molar-refractivity contribution < 1.29 is 0 Å². The molecule has 0 spiro atoms. The smallest absolute Gasteiger partial charge is 0.0110 e. The number of hydrogen-bond donors (Lipinski definition) is 0. The second-order valence-electron chi connectivity index (χ2n) is 3.07. The standard InChI is InChI=1S/C11H11P/c1-8-5-6-9-3-2-4-11(12)10(9)7-8/h2-7H,12H2,1H3. The summed E-state index contributed by atoms with van der Waals surface area (Å²) in [7, 11) is 2.77. The predicted octanol–water partition coefficient (Wildman–Crippen LogP) is 2.65. The second kappa shape index (κ2) is 2.88. The first-order valence-electron chi connectivity index (χ1n) is 4.02. The monoisotopic (exact) mass is 174 g/mol.